The van der Waals surface area contributed by atoms with Crippen LogP contribution in [0, 0.1) is 5.92 Å². The number of fused-ring (bicyclic) bond motifs is 1. The molecule has 1 aliphatic rings. The van der Waals surface area contributed by atoms with Crippen molar-refractivity contribution in [3.8, 4) is 0 Å². The summed E-state index contributed by atoms with van der Waals surface area (Å²) in [6.45, 7) is 10.7. The number of hydrogen-bond acceptors (Lipinski definition) is 7. The van der Waals surface area contributed by atoms with Crippen LogP contribution in [0.15, 0.2) is 24.3 Å². The van der Waals surface area contributed by atoms with Crippen LogP contribution in [0.3, 0.4) is 0 Å². The summed E-state index contributed by atoms with van der Waals surface area (Å²) in [5, 5.41) is 3.61. The molecule has 0 aliphatic carbocycles. The maximum absolute atomic E-state index is 11.7. The number of ether oxygens (including phenoxy) is 1. The van der Waals surface area contributed by atoms with Crippen LogP contribution >= 0.6 is 0 Å². The number of sulfone groups is 1. The summed E-state index contributed by atoms with van der Waals surface area (Å²) >= 11 is 0. The SMILES string of the molecule is CC(CNc1nc(N2CCC(COC(C)(C)C)C2)c2ccccc2n1)S(C)(=O)=O. The summed E-state index contributed by atoms with van der Waals surface area (Å²) in [5.74, 6) is 1.82. The number of para-hydroxylation sites is 1. The smallest absolute Gasteiger partial charge is 0.225 e. The first-order valence-corrected chi connectivity index (χ1v) is 12.1. The van der Waals surface area contributed by atoms with Crippen LogP contribution in [0.4, 0.5) is 11.8 Å². The molecule has 160 valence electrons. The lowest BCUT2D eigenvalue weighted by Crippen LogP contribution is -2.27. The van der Waals surface area contributed by atoms with Gasteiger partial charge in [-0.1, -0.05) is 12.1 Å². The fourth-order valence-corrected chi connectivity index (χ4v) is 3.68. The molecule has 7 nitrogen and oxygen atoms in total. The molecule has 2 heterocycles. The zero-order chi connectivity index (χ0) is 21.2. The second-order valence-electron chi connectivity index (χ2n) is 8.93. The predicted molar refractivity (Wildman–Crippen MR) is 118 cm³/mol. The van der Waals surface area contributed by atoms with E-state index in [4.69, 9.17) is 9.72 Å². The van der Waals surface area contributed by atoms with Crippen molar-refractivity contribution in [2.75, 3.05) is 42.7 Å². The van der Waals surface area contributed by atoms with Crippen LogP contribution in [0.5, 0.6) is 0 Å². The monoisotopic (exact) mass is 420 g/mol. The zero-order valence-electron chi connectivity index (χ0n) is 18.0. The van der Waals surface area contributed by atoms with E-state index in [9.17, 15) is 8.42 Å². The number of rotatable bonds is 7. The number of anilines is 2. The van der Waals surface area contributed by atoms with Gasteiger partial charge >= 0.3 is 0 Å². The first-order valence-electron chi connectivity index (χ1n) is 10.1. The van der Waals surface area contributed by atoms with Gasteiger partial charge in [0, 0.05) is 37.2 Å². The Hall–Kier alpha value is -1.93. The van der Waals surface area contributed by atoms with Gasteiger partial charge in [-0.25, -0.2) is 13.4 Å². The number of nitrogens with one attached hydrogen (secondary N) is 1. The molecule has 8 heteroatoms. The van der Waals surface area contributed by atoms with Gasteiger partial charge < -0.3 is 15.0 Å². The number of nitrogens with zero attached hydrogens (tertiary/aromatic N) is 3. The quantitative estimate of drug-likeness (QED) is 0.737. The summed E-state index contributed by atoms with van der Waals surface area (Å²) in [7, 11) is -3.11. The Morgan fingerprint density at radius 2 is 2.00 bits per heavy atom. The van der Waals surface area contributed by atoms with E-state index in [2.05, 4.69) is 36.0 Å². The second kappa shape index (κ2) is 8.44. The molecular weight excluding hydrogens is 388 g/mol. The lowest BCUT2D eigenvalue weighted by atomic mass is 10.1. The van der Waals surface area contributed by atoms with Crippen molar-refractivity contribution < 1.29 is 13.2 Å². The van der Waals surface area contributed by atoms with Crippen molar-refractivity contribution in [1.29, 1.82) is 0 Å². The van der Waals surface area contributed by atoms with E-state index in [1.54, 1.807) is 6.92 Å². The first-order chi connectivity index (χ1) is 13.5. The van der Waals surface area contributed by atoms with Crippen molar-refractivity contribution >= 4 is 32.5 Å². The van der Waals surface area contributed by atoms with Gasteiger partial charge in [0.05, 0.1) is 23.0 Å². The van der Waals surface area contributed by atoms with E-state index in [1.165, 1.54) is 6.26 Å². The van der Waals surface area contributed by atoms with Crippen LogP contribution in [0.2, 0.25) is 0 Å². The molecule has 0 spiro atoms. The van der Waals surface area contributed by atoms with Crippen molar-refractivity contribution in [3.63, 3.8) is 0 Å². The third-order valence-corrected chi connectivity index (χ3v) is 6.83. The third-order valence-electron chi connectivity index (χ3n) is 5.20. The minimum atomic E-state index is -3.11. The van der Waals surface area contributed by atoms with E-state index in [0.29, 0.717) is 11.9 Å². The van der Waals surface area contributed by atoms with Crippen molar-refractivity contribution in [3.05, 3.63) is 24.3 Å². The van der Waals surface area contributed by atoms with E-state index in [1.807, 2.05) is 24.3 Å². The normalized spacial score (nSPS) is 18.9. The average molecular weight is 421 g/mol. The van der Waals surface area contributed by atoms with Crippen molar-refractivity contribution in [2.45, 2.75) is 45.0 Å². The van der Waals surface area contributed by atoms with Crippen LogP contribution < -0.4 is 10.2 Å². The molecule has 2 unspecified atom stereocenters. The van der Waals surface area contributed by atoms with Gasteiger partial charge in [0.15, 0.2) is 9.84 Å². The van der Waals surface area contributed by atoms with Gasteiger partial charge in [0.2, 0.25) is 5.95 Å². The summed E-state index contributed by atoms with van der Waals surface area (Å²) in [6.07, 6.45) is 2.30. The summed E-state index contributed by atoms with van der Waals surface area (Å²) < 4.78 is 29.4. The number of hydrogen-bond donors (Lipinski definition) is 1. The van der Waals surface area contributed by atoms with Gasteiger partial charge in [-0.15, -0.1) is 0 Å². The maximum atomic E-state index is 11.7. The molecule has 1 aliphatic heterocycles. The molecule has 2 aromatic rings. The highest BCUT2D eigenvalue weighted by Crippen LogP contribution is 2.30. The molecule has 1 aromatic heterocycles. The third kappa shape index (κ3) is 5.79. The molecule has 29 heavy (non-hydrogen) atoms. The molecule has 2 atom stereocenters. The van der Waals surface area contributed by atoms with Crippen molar-refractivity contribution in [1.82, 2.24) is 9.97 Å². The Morgan fingerprint density at radius 1 is 1.28 bits per heavy atom. The summed E-state index contributed by atoms with van der Waals surface area (Å²) in [5.41, 5.74) is 0.712. The zero-order valence-corrected chi connectivity index (χ0v) is 18.8. The topological polar surface area (TPSA) is 84.4 Å². The fraction of sp³-hybridized carbons (Fsp3) is 0.619. The minimum absolute atomic E-state index is 0.136. The van der Waals surface area contributed by atoms with Gasteiger partial charge in [-0.3, -0.25) is 0 Å². The van der Waals surface area contributed by atoms with Crippen LogP contribution in [-0.2, 0) is 14.6 Å². The molecule has 3 rings (SSSR count). The van der Waals surface area contributed by atoms with E-state index < -0.39 is 15.1 Å². The molecule has 1 aromatic carbocycles. The predicted octanol–water partition coefficient (Wildman–Crippen LogP) is 3.12. The number of aromatic nitrogens is 2. The summed E-state index contributed by atoms with van der Waals surface area (Å²) in [6, 6.07) is 7.94. The standard InChI is InChI=1S/C21H32N4O3S/c1-15(29(5,26)27)12-22-20-23-18-9-7-6-8-17(18)19(24-20)25-11-10-16(13-25)14-28-21(2,3)4/h6-9,15-16H,10-14H2,1-5H3,(H,22,23,24). The molecule has 0 saturated carbocycles. The Balaban J connectivity index is 1.80. The highest BCUT2D eigenvalue weighted by atomic mass is 32.2. The molecule has 0 bridgehead atoms. The Morgan fingerprint density at radius 3 is 2.69 bits per heavy atom. The average Bonchev–Trinajstić information content (AvgIpc) is 3.11. The minimum Gasteiger partial charge on any atom is -0.376 e. The second-order valence-corrected chi connectivity index (χ2v) is 11.4. The maximum Gasteiger partial charge on any atom is 0.225 e. The lowest BCUT2D eigenvalue weighted by Gasteiger charge is -2.23. The Bertz CT molecular complexity index is 956. The van der Waals surface area contributed by atoms with Crippen LogP contribution in [0.25, 0.3) is 10.9 Å². The van der Waals surface area contributed by atoms with Gasteiger partial charge in [0.25, 0.3) is 0 Å². The Labute approximate surface area is 173 Å². The van der Waals surface area contributed by atoms with Crippen LogP contribution in [0.1, 0.15) is 34.1 Å². The van der Waals surface area contributed by atoms with E-state index >= 15 is 0 Å². The van der Waals surface area contributed by atoms with E-state index in [0.717, 1.165) is 42.8 Å². The molecule has 1 fully saturated rings. The largest absolute Gasteiger partial charge is 0.376 e. The lowest BCUT2D eigenvalue weighted by molar-refractivity contribution is -0.0189. The van der Waals surface area contributed by atoms with Crippen molar-refractivity contribution in [2.24, 2.45) is 5.92 Å². The number of benzene rings is 1. The van der Waals surface area contributed by atoms with Gasteiger partial charge in [-0.2, -0.15) is 4.98 Å². The Kier molecular flexibility index (Phi) is 6.33. The molecule has 1 saturated heterocycles. The first kappa shape index (κ1) is 21.8. The highest BCUT2D eigenvalue weighted by Gasteiger charge is 2.27. The molecule has 0 amide bonds. The van der Waals surface area contributed by atoms with Gasteiger partial charge in [0.1, 0.15) is 5.82 Å². The van der Waals surface area contributed by atoms with Gasteiger partial charge in [-0.05, 0) is 46.2 Å². The van der Waals surface area contributed by atoms with E-state index in [-0.39, 0.29) is 12.1 Å². The molecule has 0 radical (unpaired) electrons. The highest BCUT2D eigenvalue weighted by molar-refractivity contribution is 7.91. The molecular formula is C21H32N4O3S. The fourth-order valence-electron chi connectivity index (χ4n) is 3.30. The summed E-state index contributed by atoms with van der Waals surface area (Å²) in [4.78, 5) is 11.6. The molecule has 1 N–H and O–H groups in total. The van der Waals surface area contributed by atoms with Crippen LogP contribution in [-0.4, -0.2) is 61.7 Å².